The highest BCUT2D eigenvalue weighted by molar-refractivity contribution is 5.62. The van der Waals surface area contributed by atoms with Gasteiger partial charge < -0.3 is 4.74 Å². The van der Waals surface area contributed by atoms with Crippen molar-refractivity contribution in [3.8, 4) is 17.0 Å². The molecule has 4 nitrogen and oxygen atoms in total. The minimum absolute atomic E-state index is 0.164. The van der Waals surface area contributed by atoms with Crippen LogP contribution in [0.2, 0.25) is 0 Å². The van der Waals surface area contributed by atoms with Crippen molar-refractivity contribution in [1.29, 1.82) is 0 Å². The zero-order chi connectivity index (χ0) is 17.0. The predicted molar refractivity (Wildman–Crippen MR) is 80.2 cm³/mol. The summed E-state index contributed by atoms with van der Waals surface area (Å²) in [6.07, 6.45) is -3.72. The second-order valence-electron chi connectivity index (χ2n) is 5.34. The van der Waals surface area contributed by atoms with Crippen molar-refractivity contribution in [1.82, 2.24) is 10.2 Å². The van der Waals surface area contributed by atoms with E-state index in [1.165, 1.54) is 24.3 Å². The molecule has 1 aromatic carbocycles. The number of benzene rings is 1. The monoisotopic (exact) mass is 326 g/mol. The molecule has 124 valence electrons. The first-order chi connectivity index (χ1) is 10.8. The second-order valence-corrected chi connectivity index (χ2v) is 5.34. The summed E-state index contributed by atoms with van der Waals surface area (Å²) in [6.45, 7) is 4.07. The van der Waals surface area contributed by atoms with Gasteiger partial charge in [0.1, 0.15) is 5.75 Å². The fraction of sp³-hybridized carbons (Fsp3) is 0.375. The van der Waals surface area contributed by atoms with E-state index in [0.29, 0.717) is 0 Å². The van der Waals surface area contributed by atoms with Crippen LogP contribution in [0.4, 0.5) is 13.2 Å². The third-order valence-corrected chi connectivity index (χ3v) is 3.48. The number of rotatable bonds is 5. The minimum Gasteiger partial charge on any atom is -0.493 e. The average molecular weight is 326 g/mol. The van der Waals surface area contributed by atoms with Gasteiger partial charge in [-0.25, -0.2) is 5.10 Å². The van der Waals surface area contributed by atoms with E-state index in [0.717, 1.165) is 12.5 Å². The molecule has 1 aromatic heterocycles. The van der Waals surface area contributed by atoms with Gasteiger partial charge in [0.25, 0.3) is 5.56 Å². The van der Waals surface area contributed by atoms with Gasteiger partial charge >= 0.3 is 6.18 Å². The van der Waals surface area contributed by atoms with Gasteiger partial charge in [0.05, 0.1) is 17.9 Å². The Bertz CT molecular complexity index is 706. The van der Waals surface area contributed by atoms with Gasteiger partial charge in [0, 0.05) is 11.6 Å². The Hall–Kier alpha value is -2.31. The lowest BCUT2D eigenvalue weighted by Crippen LogP contribution is -2.13. The lowest BCUT2D eigenvalue weighted by atomic mass is 10.1. The second kappa shape index (κ2) is 6.85. The van der Waals surface area contributed by atoms with Crippen molar-refractivity contribution in [2.24, 2.45) is 5.92 Å². The smallest absolute Gasteiger partial charge is 0.419 e. The van der Waals surface area contributed by atoms with E-state index in [-0.39, 0.29) is 29.5 Å². The maximum absolute atomic E-state index is 13.3. The maximum atomic E-state index is 13.3. The van der Waals surface area contributed by atoms with E-state index >= 15 is 0 Å². The molecule has 2 aromatic rings. The number of halogens is 3. The highest BCUT2D eigenvalue weighted by atomic mass is 19.4. The molecule has 0 fully saturated rings. The average Bonchev–Trinajstić information content (AvgIpc) is 2.52. The Balaban J connectivity index is 2.38. The van der Waals surface area contributed by atoms with Gasteiger partial charge in [-0.15, -0.1) is 0 Å². The number of nitrogens with one attached hydrogen (secondary N) is 1. The van der Waals surface area contributed by atoms with Crippen LogP contribution in [0.5, 0.6) is 5.75 Å². The van der Waals surface area contributed by atoms with Gasteiger partial charge in [-0.3, -0.25) is 4.79 Å². The Morgan fingerprint density at radius 1 is 1.26 bits per heavy atom. The molecule has 0 radical (unpaired) electrons. The summed E-state index contributed by atoms with van der Waals surface area (Å²) in [6, 6.07) is 6.33. The molecule has 1 unspecified atom stereocenters. The highest BCUT2D eigenvalue weighted by Gasteiger charge is 2.35. The van der Waals surface area contributed by atoms with Crippen molar-refractivity contribution in [2.45, 2.75) is 26.4 Å². The lowest BCUT2D eigenvalue weighted by molar-refractivity contribution is -0.139. The van der Waals surface area contributed by atoms with Crippen LogP contribution in [0.25, 0.3) is 11.3 Å². The van der Waals surface area contributed by atoms with Gasteiger partial charge in [-0.1, -0.05) is 20.3 Å². The normalized spacial score (nSPS) is 12.9. The van der Waals surface area contributed by atoms with Crippen molar-refractivity contribution in [3.05, 3.63) is 46.2 Å². The number of hydrogen-bond donors (Lipinski definition) is 1. The summed E-state index contributed by atoms with van der Waals surface area (Å²) in [5.74, 6) is -0.0393. The van der Waals surface area contributed by atoms with Crippen LogP contribution < -0.4 is 10.3 Å². The Morgan fingerprint density at radius 3 is 2.57 bits per heavy atom. The summed E-state index contributed by atoms with van der Waals surface area (Å²) >= 11 is 0. The van der Waals surface area contributed by atoms with Gasteiger partial charge in [-0.05, 0) is 30.2 Å². The lowest BCUT2D eigenvalue weighted by Gasteiger charge is -2.17. The summed E-state index contributed by atoms with van der Waals surface area (Å²) in [4.78, 5) is 11.0. The van der Waals surface area contributed by atoms with Gasteiger partial charge in [0.2, 0.25) is 0 Å². The van der Waals surface area contributed by atoms with E-state index in [2.05, 4.69) is 10.2 Å². The number of hydrogen-bond acceptors (Lipinski definition) is 3. The zero-order valence-corrected chi connectivity index (χ0v) is 12.8. The van der Waals surface area contributed by atoms with Crippen LogP contribution in [0.3, 0.4) is 0 Å². The third kappa shape index (κ3) is 4.34. The van der Waals surface area contributed by atoms with Crippen molar-refractivity contribution in [2.75, 3.05) is 6.61 Å². The molecule has 0 aliphatic carbocycles. The molecule has 7 heteroatoms. The largest absolute Gasteiger partial charge is 0.493 e. The molecule has 1 N–H and O–H groups in total. The maximum Gasteiger partial charge on any atom is 0.419 e. The molecule has 0 spiro atoms. The number of H-pyrrole nitrogens is 1. The SMILES string of the molecule is CCC(C)COc1ccc(-c2ccc(=O)[nH]n2)cc1C(F)(F)F. The highest BCUT2D eigenvalue weighted by Crippen LogP contribution is 2.38. The Kier molecular flexibility index (Phi) is 5.08. The van der Waals surface area contributed by atoms with Crippen molar-refractivity contribution < 1.29 is 17.9 Å². The molecule has 0 aliphatic rings. The molecule has 1 atom stereocenters. The summed E-state index contributed by atoms with van der Waals surface area (Å²) < 4.78 is 45.1. The zero-order valence-electron chi connectivity index (χ0n) is 12.8. The van der Waals surface area contributed by atoms with E-state index in [1.54, 1.807) is 0 Å². The fourth-order valence-electron chi connectivity index (χ4n) is 1.89. The van der Waals surface area contributed by atoms with Crippen LogP contribution in [-0.2, 0) is 6.18 Å². The predicted octanol–water partition coefficient (Wildman–Crippen LogP) is 3.88. The molecule has 0 saturated heterocycles. The topological polar surface area (TPSA) is 55.0 Å². The van der Waals surface area contributed by atoms with Gasteiger partial charge in [0.15, 0.2) is 0 Å². The Morgan fingerprint density at radius 2 is 2.00 bits per heavy atom. The number of nitrogens with zero attached hydrogens (tertiary/aromatic N) is 1. The quantitative estimate of drug-likeness (QED) is 0.907. The molecule has 0 saturated carbocycles. The summed E-state index contributed by atoms with van der Waals surface area (Å²) in [5.41, 5.74) is -0.766. The molecule has 1 heterocycles. The van der Waals surface area contributed by atoms with Crippen molar-refractivity contribution >= 4 is 0 Å². The van der Waals surface area contributed by atoms with Crippen LogP contribution in [0.15, 0.2) is 35.1 Å². The number of aromatic amines is 1. The number of ether oxygens (including phenoxy) is 1. The van der Waals surface area contributed by atoms with E-state index in [9.17, 15) is 18.0 Å². The number of alkyl halides is 3. The minimum atomic E-state index is -4.54. The van der Waals surface area contributed by atoms with E-state index in [1.807, 2.05) is 13.8 Å². The van der Waals surface area contributed by atoms with Crippen LogP contribution >= 0.6 is 0 Å². The van der Waals surface area contributed by atoms with Crippen LogP contribution in [0.1, 0.15) is 25.8 Å². The summed E-state index contributed by atoms with van der Waals surface area (Å²) in [5, 5.41) is 5.94. The standard InChI is InChI=1S/C16H17F3N2O2/c1-3-10(2)9-23-14-6-4-11(8-12(14)16(17,18)19)13-5-7-15(22)21-20-13/h4-8,10H,3,9H2,1-2H3,(H,21,22). The van der Waals surface area contributed by atoms with E-state index < -0.39 is 17.3 Å². The molecular formula is C16H17F3N2O2. The van der Waals surface area contributed by atoms with Crippen LogP contribution in [-0.4, -0.2) is 16.8 Å². The summed E-state index contributed by atoms with van der Waals surface area (Å²) in [7, 11) is 0. The first kappa shape index (κ1) is 17.1. The fourth-order valence-corrected chi connectivity index (χ4v) is 1.89. The Labute approximate surface area is 131 Å². The molecule has 0 amide bonds. The number of aromatic nitrogens is 2. The molecule has 0 aliphatic heterocycles. The molecule has 23 heavy (non-hydrogen) atoms. The van der Waals surface area contributed by atoms with Crippen molar-refractivity contribution in [3.63, 3.8) is 0 Å². The van der Waals surface area contributed by atoms with Gasteiger partial charge in [-0.2, -0.15) is 18.3 Å². The molecular weight excluding hydrogens is 309 g/mol. The molecule has 0 bridgehead atoms. The molecule has 2 rings (SSSR count). The first-order valence-electron chi connectivity index (χ1n) is 7.21. The van der Waals surface area contributed by atoms with E-state index in [4.69, 9.17) is 4.74 Å². The third-order valence-electron chi connectivity index (χ3n) is 3.48. The van der Waals surface area contributed by atoms with Crippen LogP contribution in [0, 0.1) is 5.92 Å². The first-order valence-corrected chi connectivity index (χ1v) is 7.21.